The molecule has 0 saturated heterocycles. The van der Waals surface area contributed by atoms with Gasteiger partial charge in [0.05, 0.1) is 19.8 Å². The largest absolute Gasteiger partial charge is 0.550 e. The highest BCUT2D eigenvalue weighted by atomic mass is 32.1. The van der Waals surface area contributed by atoms with E-state index in [1.807, 2.05) is 18.2 Å². The highest BCUT2D eigenvalue weighted by Gasteiger charge is 2.11. The quantitative estimate of drug-likeness (QED) is 0.819. The number of hydrogen-bond donors (Lipinski definition) is 1. The smallest absolute Gasteiger partial charge is 0.124 e. The Labute approximate surface area is 116 Å². The molecule has 1 aromatic carbocycles. The molecule has 19 heavy (non-hydrogen) atoms. The molecule has 0 atom stereocenters. The lowest BCUT2D eigenvalue weighted by molar-refractivity contribution is -0.872. The third-order valence-electron chi connectivity index (χ3n) is 2.67. The molecule has 1 aromatic heterocycles. The summed E-state index contributed by atoms with van der Waals surface area (Å²) in [5.74, 6) is -1.09. The number of aliphatic carboxylic acids is 1. The molecule has 0 unspecified atom stereocenters. The zero-order chi connectivity index (χ0) is 13.8. The maximum absolute atomic E-state index is 10.6. The van der Waals surface area contributed by atoms with Gasteiger partial charge in [0.15, 0.2) is 0 Å². The molecule has 5 heteroatoms. The molecule has 0 fully saturated rings. The first-order valence-corrected chi connectivity index (χ1v) is 6.96. The fraction of sp³-hybridized carbons (Fsp3) is 0.286. The first kappa shape index (κ1) is 13.7. The van der Waals surface area contributed by atoms with Crippen LogP contribution in [0.25, 0.3) is 10.6 Å². The normalized spacial score (nSPS) is 10.9. The Morgan fingerprint density at radius 2 is 2.11 bits per heavy atom. The van der Waals surface area contributed by atoms with Crippen LogP contribution < -0.4 is 10.0 Å². The molecule has 2 aromatic rings. The second-order valence-corrected chi connectivity index (χ2v) is 5.59. The fourth-order valence-electron chi connectivity index (χ4n) is 1.92. The van der Waals surface area contributed by atoms with Crippen LogP contribution >= 0.6 is 11.3 Å². The standard InChI is InChI=1S/C14H16N2O2S/c1-16(2)8-10-5-3-4-6-12(10)14-15-11(9-19-14)7-13(17)18/h3-6,9H,7-8H2,1-2H3,(H,17,18). The molecule has 0 aliphatic carbocycles. The van der Waals surface area contributed by atoms with Crippen LogP contribution in [0.1, 0.15) is 11.3 Å². The summed E-state index contributed by atoms with van der Waals surface area (Å²) in [7, 11) is 4.19. The van der Waals surface area contributed by atoms with Crippen LogP contribution in [0.5, 0.6) is 0 Å². The molecular formula is C14H16N2O2S. The number of rotatable bonds is 5. The van der Waals surface area contributed by atoms with Crippen LogP contribution in [-0.2, 0) is 17.8 Å². The number of hydrogen-bond acceptors (Lipinski definition) is 4. The molecule has 1 heterocycles. The van der Waals surface area contributed by atoms with Gasteiger partial charge in [0.25, 0.3) is 0 Å². The van der Waals surface area contributed by atoms with Gasteiger partial charge in [0.1, 0.15) is 11.6 Å². The van der Waals surface area contributed by atoms with Gasteiger partial charge in [-0.05, 0) is 0 Å². The summed E-state index contributed by atoms with van der Waals surface area (Å²) in [6.45, 7) is 0.908. The monoisotopic (exact) mass is 276 g/mol. The Bertz CT molecular complexity index is 578. The predicted octanol–water partition coefficient (Wildman–Crippen LogP) is -0.253. The number of carbonyl (C=O) groups is 1. The fourth-order valence-corrected chi connectivity index (χ4v) is 2.80. The number of carboxylic acid groups (broad SMARTS) is 1. The molecule has 2 rings (SSSR count). The average Bonchev–Trinajstić information content (AvgIpc) is 2.76. The Kier molecular flexibility index (Phi) is 4.29. The summed E-state index contributed by atoms with van der Waals surface area (Å²) in [5.41, 5.74) is 2.86. The highest BCUT2D eigenvalue weighted by Crippen LogP contribution is 2.26. The summed E-state index contributed by atoms with van der Waals surface area (Å²) in [4.78, 5) is 16.3. The van der Waals surface area contributed by atoms with Gasteiger partial charge >= 0.3 is 0 Å². The summed E-state index contributed by atoms with van der Waals surface area (Å²) in [6.07, 6.45) is -0.127. The number of thiazole rings is 1. The molecule has 0 aliphatic heterocycles. The molecule has 0 bridgehead atoms. The van der Waals surface area contributed by atoms with Crippen LogP contribution in [0.3, 0.4) is 0 Å². The Balaban J connectivity index is 2.30. The van der Waals surface area contributed by atoms with Gasteiger partial charge in [-0.15, -0.1) is 11.3 Å². The van der Waals surface area contributed by atoms with Gasteiger partial charge in [0, 0.05) is 28.9 Å². The van der Waals surface area contributed by atoms with Crippen molar-refractivity contribution in [1.82, 2.24) is 4.98 Å². The predicted molar refractivity (Wildman–Crippen MR) is 72.8 cm³/mol. The van der Waals surface area contributed by atoms with E-state index in [9.17, 15) is 9.90 Å². The highest BCUT2D eigenvalue weighted by molar-refractivity contribution is 7.13. The molecule has 0 aliphatic rings. The van der Waals surface area contributed by atoms with Gasteiger partial charge in [0.2, 0.25) is 0 Å². The second-order valence-electron chi connectivity index (χ2n) is 4.73. The van der Waals surface area contributed by atoms with Crippen molar-refractivity contribution in [2.45, 2.75) is 13.0 Å². The lowest BCUT2D eigenvalue weighted by atomic mass is 10.1. The first-order chi connectivity index (χ1) is 9.06. The van der Waals surface area contributed by atoms with Gasteiger partial charge in [-0.1, -0.05) is 24.3 Å². The molecule has 100 valence electrons. The van der Waals surface area contributed by atoms with Gasteiger partial charge in [-0.2, -0.15) is 0 Å². The average molecular weight is 276 g/mol. The van der Waals surface area contributed by atoms with Crippen molar-refractivity contribution in [2.24, 2.45) is 0 Å². The first-order valence-electron chi connectivity index (χ1n) is 6.08. The van der Waals surface area contributed by atoms with Crippen molar-refractivity contribution in [3.63, 3.8) is 0 Å². The van der Waals surface area contributed by atoms with E-state index >= 15 is 0 Å². The zero-order valence-corrected chi connectivity index (χ0v) is 11.8. The third kappa shape index (κ3) is 3.62. The molecule has 1 N–H and O–H groups in total. The molecule has 0 amide bonds. The van der Waals surface area contributed by atoms with Crippen molar-refractivity contribution in [3.05, 3.63) is 40.9 Å². The lowest BCUT2D eigenvalue weighted by Gasteiger charge is -2.10. The summed E-state index contributed by atoms with van der Waals surface area (Å²) in [6, 6.07) is 8.10. The summed E-state index contributed by atoms with van der Waals surface area (Å²) in [5, 5.41) is 13.2. The minimum atomic E-state index is -1.09. The van der Waals surface area contributed by atoms with Crippen LogP contribution in [0.2, 0.25) is 0 Å². The number of nitrogens with one attached hydrogen (secondary N) is 1. The second kappa shape index (κ2) is 5.95. The number of carboxylic acids is 1. The molecule has 0 saturated carbocycles. The van der Waals surface area contributed by atoms with Crippen LogP contribution in [0.15, 0.2) is 29.6 Å². The van der Waals surface area contributed by atoms with E-state index < -0.39 is 5.97 Å². The Morgan fingerprint density at radius 3 is 2.79 bits per heavy atom. The van der Waals surface area contributed by atoms with E-state index in [-0.39, 0.29) is 6.42 Å². The van der Waals surface area contributed by atoms with E-state index in [1.54, 1.807) is 5.38 Å². The van der Waals surface area contributed by atoms with Crippen molar-refractivity contribution < 1.29 is 14.8 Å². The molecule has 4 nitrogen and oxygen atoms in total. The maximum atomic E-state index is 10.6. The van der Waals surface area contributed by atoms with E-state index in [0.717, 1.165) is 17.1 Å². The van der Waals surface area contributed by atoms with Crippen molar-refractivity contribution in [3.8, 4) is 10.6 Å². The van der Waals surface area contributed by atoms with Crippen LogP contribution in [0, 0.1) is 0 Å². The van der Waals surface area contributed by atoms with E-state index in [2.05, 4.69) is 25.1 Å². The molecule has 0 radical (unpaired) electrons. The van der Waals surface area contributed by atoms with Crippen LogP contribution in [-0.4, -0.2) is 25.0 Å². The minimum absolute atomic E-state index is 0.127. The number of quaternary nitrogens is 1. The van der Waals surface area contributed by atoms with Crippen molar-refractivity contribution >= 4 is 17.3 Å². The number of nitrogens with zero attached hydrogens (tertiary/aromatic N) is 1. The van der Waals surface area contributed by atoms with E-state index in [1.165, 1.54) is 21.8 Å². The third-order valence-corrected chi connectivity index (χ3v) is 3.59. The van der Waals surface area contributed by atoms with Crippen molar-refractivity contribution in [2.75, 3.05) is 14.1 Å². The van der Waals surface area contributed by atoms with E-state index in [0.29, 0.717) is 5.69 Å². The molecule has 0 spiro atoms. The summed E-state index contributed by atoms with van der Waals surface area (Å²) >= 11 is 1.47. The number of benzene rings is 1. The van der Waals surface area contributed by atoms with Crippen molar-refractivity contribution in [1.29, 1.82) is 0 Å². The number of carbonyl (C=O) groups excluding carboxylic acids is 1. The Hall–Kier alpha value is -1.72. The molecular weight excluding hydrogens is 260 g/mol. The zero-order valence-electron chi connectivity index (χ0n) is 11.0. The topological polar surface area (TPSA) is 57.5 Å². The van der Waals surface area contributed by atoms with E-state index in [4.69, 9.17) is 0 Å². The maximum Gasteiger partial charge on any atom is 0.124 e. The van der Waals surface area contributed by atoms with Gasteiger partial charge in [-0.25, -0.2) is 4.98 Å². The SMILES string of the molecule is C[NH+](C)Cc1ccccc1-c1nc(CC(=O)[O-])cs1. The van der Waals surface area contributed by atoms with Gasteiger partial charge < -0.3 is 14.8 Å². The number of aromatic nitrogens is 1. The Morgan fingerprint density at radius 1 is 1.37 bits per heavy atom. The van der Waals surface area contributed by atoms with Crippen LogP contribution in [0.4, 0.5) is 0 Å². The van der Waals surface area contributed by atoms with Gasteiger partial charge in [-0.3, -0.25) is 0 Å². The lowest BCUT2D eigenvalue weighted by Crippen LogP contribution is -3.04. The minimum Gasteiger partial charge on any atom is -0.550 e. The summed E-state index contributed by atoms with van der Waals surface area (Å²) < 4.78 is 0.